The van der Waals surface area contributed by atoms with Crippen molar-refractivity contribution in [3.05, 3.63) is 23.3 Å². The van der Waals surface area contributed by atoms with E-state index in [9.17, 15) is 9.90 Å². The van der Waals surface area contributed by atoms with Crippen molar-refractivity contribution in [1.29, 1.82) is 5.26 Å². The molecule has 0 saturated carbocycles. The number of aldehydes is 1. The second kappa shape index (κ2) is 4.85. The van der Waals surface area contributed by atoms with Crippen molar-refractivity contribution in [3.63, 3.8) is 0 Å². The Hall–Kier alpha value is -2.39. The summed E-state index contributed by atoms with van der Waals surface area (Å²) in [5, 5.41) is 25.4. The molecule has 18 heavy (non-hydrogen) atoms. The minimum atomic E-state index is -0.540. The van der Waals surface area contributed by atoms with E-state index in [0.717, 1.165) is 0 Å². The van der Waals surface area contributed by atoms with Gasteiger partial charge in [0.05, 0.1) is 17.1 Å². The maximum atomic E-state index is 10.8. The van der Waals surface area contributed by atoms with Gasteiger partial charge in [0.1, 0.15) is 12.4 Å². The zero-order chi connectivity index (χ0) is 13.1. The zero-order valence-corrected chi connectivity index (χ0v) is 9.67. The molecule has 92 valence electrons. The monoisotopic (exact) mass is 245 g/mol. The summed E-state index contributed by atoms with van der Waals surface area (Å²) >= 11 is 0. The van der Waals surface area contributed by atoms with Crippen LogP contribution in [0.3, 0.4) is 0 Å². The standard InChI is InChI=1S/C12H11N3O3/c1-7(17)5-14-12-10-3-8(6-16)2-9(4-13)11(10)18-15-12/h2-3,6-7,17H,5H2,1H3,(H,14,15)/t7-/m1/s1. The minimum Gasteiger partial charge on any atom is -0.392 e. The number of aliphatic hydroxyl groups excluding tert-OH is 1. The third kappa shape index (κ3) is 2.17. The summed E-state index contributed by atoms with van der Waals surface area (Å²) in [6.45, 7) is 1.93. The summed E-state index contributed by atoms with van der Waals surface area (Å²) in [5.74, 6) is 0.408. The van der Waals surface area contributed by atoms with E-state index in [1.54, 1.807) is 13.0 Å². The highest BCUT2D eigenvalue weighted by molar-refractivity contribution is 5.96. The Kier molecular flexibility index (Phi) is 3.26. The molecule has 0 aliphatic carbocycles. The van der Waals surface area contributed by atoms with Crippen molar-refractivity contribution in [3.8, 4) is 6.07 Å². The summed E-state index contributed by atoms with van der Waals surface area (Å²) < 4.78 is 5.07. The van der Waals surface area contributed by atoms with Gasteiger partial charge in [0, 0.05) is 12.1 Å². The van der Waals surface area contributed by atoms with Gasteiger partial charge in [-0.25, -0.2) is 0 Å². The molecule has 2 rings (SSSR count). The van der Waals surface area contributed by atoms with Crippen molar-refractivity contribution in [2.24, 2.45) is 0 Å². The average Bonchev–Trinajstić information content (AvgIpc) is 2.78. The van der Waals surface area contributed by atoms with Crippen LogP contribution in [0.25, 0.3) is 11.0 Å². The number of nitrogens with one attached hydrogen (secondary N) is 1. The fourth-order valence-corrected chi connectivity index (χ4v) is 1.59. The lowest BCUT2D eigenvalue weighted by Crippen LogP contribution is -2.15. The summed E-state index contributed by atoms with van der Waals surface area (Å²) in [5.41, 5.74) is 0.964. The Morgan fingerprint density at radius 1 is 1.67 bits per heavy atom. The quantitative estimate of drug-likeness (QED) is 0.788. The van der Waals surface area contributed by atoms with Crippen LogP contribution < -0.4 is 5.32 Å². The molecule has 6 heteroatoms. The molecule has 2 aromatic rings. The lowest BCUT2D eigenvalue weighted by atomic mass is 10.1. The Morgan fingerprint density at radius 3 is 3.06 bits per heavy atom. The smallest absolute Gasteiger partial charge is 0.186 e. The molecular formula is C12H11N3O3. The van der Waals surface area contributed by atoms with Gasteiger partial charge < -0.3 is 14.9 Å². The van der Waals surface area contributed by atoms with Crippen LogP contribution in [-0.2, 0) is 0 Å². The van der Waals surface area contributed by atoms with E-state index in [-0.39, 0.29) is 5.56 Å². The summed E-state index contributed by atoms with van der Waals surface area (Å²) in [6, 6.07) is 4.98. The first-order valence-electron chi connectivity index (χ1n) is 5.36. The number of carbonyl (C=O) groups excluding carboxylic acids is 1. The molecule has 0 aliphatic heterocycles. The van der Waals surface area contributed by atoms with E-state index >= 15 is 0 Å². The van der Waals surface area contributed by atoms with Crippen LogP contribution in [-0.4, -0.2) is 29.2 Å². The van der Waals surface area contributed by atoms with Crippen molar-refractivity contribution in [1.82, 2.24) is 5.16 Å². The number of nitriles is 1. The third-order valence-electron chi connectivity index (χ3n) is 2.42. The van der Waals surface area contributed by atoms with Crippen molar-refractivity contribution in [2.45, 2.75) is 13.0 Å². The van der Waals surface area contributed by atoms with Gasteiger partial charge in [-0.15, -0.1) is 0 Å². The predicted molar refractivity (Wildman–Crippen MR) is 64.3 cm³/mol. The van der Waals surface area contributed by atoms with E-state index in [1.807, 2.05) is 6.07 Å². The summed E-state index contributed by atoms with van der Waals surface area (Å²) in [6.07, 6.45) is 0.118. The summed E-state index contributed by atoms with van der Waals surface area (Å²) in [7, 11) is 0. The molecular weight excluding hydrogens is 234 g/mol. The van der Waals surface area contributed by atoms with Crippen LogP contribution in [0.4, 0.5) is 5.82 Å². The van der Waals surface area contributed by atoms with Gasteiger partial charge in [0.2, 0.25) is 0 Å². The second-order valence-electron chi connectivity index (χ2n) is 3.94. The average molecular weight is 245 g/mol. The third-order valence-corrected chi connectivity index (χ3v) is 2.42. The lowest BCUT2D eigenvalue weighted by Gasteiger charge is -2.04. The number of nitrogens with zero attached hydrogens (tertiary/aromatic N) is 2. The number of rotatable bonds is 4. The van der Waals surface area contributed by atoms with Crippen LogP contribution in [0.15, 0.2) is 16.7 Å². The molecule has 2 N–H and O–H groups in total. The highest BCUT2D eigenvalue weighted by Gasteiger charge is 2.14. The Morgan fingerprint density at radius 2 is 2.44 bits per heavy atom. The van der Waals surface area contributed by atoms with E-state index in [4.69, 9.17) is 9.78 Å². The molecule has 0 amide bonds. The Bertz CT molecular complexity index is 625. The number of anilines is 1. The van der Waals surface area contributed by atoms with Crippen LogP contribution in [0.5, 0.6) is 0 Å². The molecule has 1 atom stereocenters. The first kappa shape index (κ1) is 12.1. The van der Waals surface area contributed by atoms with E-state index in [1.165, 1.54) is 6.07 Å². The normalized spacial score (nSPS) is 12.1. The molecule has 6 nitrogen and oxygen atoms in total. The molecule has 0 aliphatic rings. The largest absolute Gasteiger partial charge is 0.392 e. The van der Waals surface area contributed by atoms with E-state index < -0.39 is 6.10 Å². The lowest BCUT2D eigenvalue weighted by molar-refractivity contribution is 0.112. The Labute approximate surface area is 103 Å². The van der Waals surface area contributed by atoms with Crippen LogP contribution >= 0.6 is 0 Å². The minimum absolute atomic E-state index is 0.257. The fraction of sp³-hybridized carbons (Fsp3) is 0.250. The van der Waals surface area contributed by atoms with Crippen LogP contribution in [0.1, 0.15) is 22.8 Å². The number of hydrogen-bond acceptors (Lipinski definition) is 6. The molecule has 0 bridgehead atoms. The fourth-order valence-electron chi connectivity index (χ4n) is 1.59. The number of aliphatic hydroxyl groups is 1. The second-order valence-corrected chi connectivity index (χ2v) is 3.94. The molecule has 0 radical (unpaired) electrons. The van der Waals surface area contributed by atoms with Gasteiger partial charge >= 0.3 is 0 Å². The first-order chi connectivity index (χ1) is 8.65. The maximum absolute atomic E-state index is 10.8. The van der Waals surface area contributed by atoms with Crippen molar-refractivity contribution in [2.75, 3.05) is 11.9 Å². The van der Waals surface area contributed by atoms with Gasteiger partial charge in [-0.1, -0.05) is 5.16 Å². The van der Waals surface area contributed by atoms with Gasteiger partial charge in [0.15, 0.2) is 11.4 Å². The van der Waals surface area contributed by atoms with Gasteiger partial charge in [-0.2, -0.15) is 5.26 Å². The Balaban J connectivity index is 2.50. The van der Waals surface area contributed by atoms with E-state index in [0.29, 0.717) is 35.2 Å². The molecule has 0 fully saturated rings. The highest BCUT2D eigenvalue weighted by Crippen LogP contribution is 2.26. The topological polar surface area (TPSA) is 99.2 Å². The number of carbonyl (C=O) groups is 1. The number of aromatic nitrogens is 1. The van der Waals surface area contributed by atoms with Crippen molar-refractivity contribution < 1.29 is 14.4 Å². The first-order valence-corrected chi connectivity index (χ1v) is 5.36. The maximum Gasteiger partial charge on any atom is 0.186 e. The molecule has 0 saturated heterocycles. The van der Waals surface area contributed by atoms with Crippen molar-refractivity contribution >= 4 is 23.1 Å². The highest BCUT2D eigenvalue weighted by atomic mass is 16.5. The molecule has 1 heterocycles. The molecule has 1 aromatic carbocycles. The number of benzene rings is 1. The molecule has 0 unspecified atom stereocenters. The zero-order valence-electron chi connectivity index (χ0n) is 9.67. The van der Waals surface area contributed by atoms with Crippen LogP contribution in [0.2, 0.25) is 0 Å². The van der Waals surface area contributed by atoms with E-state index in [2.05, 4.69) is 10.5 Å². The van der Waals surface area contributed by atoms with Gasteiger partial charge in [-0.3, -0.25) is 4.79 Å². The SMILES string of the molecule is C[C@@H](O)CNc1noc2c(C#N)cc(C=O)cc12. The number of fused-ring (bicyclic) bond motifs is 1. The van der Waals surface area contributed by atoms with Crippen LogP contribution in [0, 0.1) is 11.3 Å². The van der Waals surface area contributed by atoms with Gasteiger partial charge in [-0.05, 0) is 19.1 Å². The molecule has 0 spiro atoms. The van der Waals surface area contributed by atoms with Gasteiger partial charge in [0.25, 0.3) is 0 Å². The summed E-state index contributed by atoms with van der Waals surface area (Å²) in [4.78, 5) is 10.8. The molecule has 1 aromatic heterocycles. The number of hydrogen-bond donors (Lipinski definition) is 2. The predicted octanol–water partition coefficient (Wildman–Crippen LogP) is 1.30.